The summed E-state index contributed by atoms with van der Waals surface area (Å²) in [6.45, 7) is 4.89. The molecule has 0 spiro atoms. The molecule has 2 aromatic rings. The zero-order valence-electron chi connectivity index (χ0n) is 12.2. The van der Waals surface area contributed by atoms with Gasteiger partial charge in [0.1, 0.15) is 5.75 Å². The second kappa shape index (κ2) is 4.83. The van der Waals surface area contributed by atoms with E-state index in [1.807, 2.05) is 0 Å². The number of hydrogen-bond donors (Lipinski definition) is 1. The maximum absolute atomic E-state index is 13.9. The van der Waals surface area contributed by atoms with E-state index < -0.39 is 23.1 Å². The Morgan fingerprint density at radius 1 is 0.818 bits per heavy atom. The van der Waals surface area contributed by atoms with Crippen LogP contribution in [0.15, 0.2) is 30.3 Å². The molecule has 0 aliphatic rings. The van der Waals surface area contributed by atoms with Crippen LogP contribution in [0.3, 0.4) is 0 Å². The summed E-state index contributed by atoms with van der Waals surface area (Å²) >= 11 is 0. The van der Waals surface area contributed by atoms with Crippen molar-refractivity contribution >= 4 is 10.8 Å². The third kappa shape index (κ3) is 2.51. The number of fused-ring (bicyclic) bond motifs is 1. The Balaban J connectivity index is 2.94. The van der Waals surface area contributed by atoms with Crippen LogP contribution in [0.2, 0.25) is 0 Å². The molecule has 0 amide bonds. The summed E-state index contributed by atoms with van der Waals surface area (Å²) in [6.07, 6.45) is -5.71. The van der Waals surface area contributed by atoms with Crippen LogP contribution in [-0.2, 0) is 11.3 Å². The average Bonchev–Trinajstić information content (AvgIpc) is 2.36. The fourth-order valence-electron chi connectivity index (χ4n) is 2.34. The molecule has 0 aliphatic heterocycles. The lowest BCUT2D eigenvalue weighted by Gasteiger charge is -2.27. The van der Waals surface area contributed by atoms with Gasteiger partial charge in [0.2, 0.25) is 0 Å². The number of hydrogen-bond acceptors (Lipinski definition) is 1. The average molecular weight is 318 g/mol. The standard InChI is InChI=1S/C16H15F5O/c1-14(2,3)12-8-11(15(17,18)16(19,20)21)9-6-4-5-7-10(9)13(12)22/h4-8,22H,1-3H3. The van der Waals surface area contributed by atoms with Crippen LogP contribution in [-0.4, -0.2) is 11.3 Å². The lowest BCUT2D eigenvalue weighted by molar-refractivity contribution is -0.288. The summed E-state index contributed by atoms with van der Waals surface area (Å²) in [6, 6.07) is 6.07. The molecule has 2 rings (SSSR count). The molecule has 120 valence electrons. The van der Waals surface area contributed by atoms with E-state index in [2.05, 4.69) is 0 Å². The minimum atomic E-state index is -5.71. The molecule has 0 unspecified atom stereocenters. The number of benzene rings is 2. The highest BCUT2D eigenvalue weighted by Gasteiger charge is 2.59. The molecular weight excluding hydrogens is 303 g/mol. The summed E-state index contributed by atoms with van der Waals surface area (Å²) in [4.78, 5) is 0. The van der Waals surface area contributed by atoms with E-state index in [-0.39, 0.29) is 22.1 Å². The third-order valence-corrected chi connectivity index (χ3v) is 3.52. The summed E-state index contributed by atoms with van der Waals surface area (Å²) < 4.78 is 66.1. The predicted octanol–water partition coefficient (Wildman–Crippen LogP) is 5.50. The molecule has 0 atom stereocenters. The molecule has 0 saturated heterocycles. The predicted molar refractivity (Wildman–Crippen MR) is 74.3 cm³/mol. The largest absolute Gasteiger partial charge is 0.507 e. The summed E-state index contributed by atoms with van der Waals surface area (Å²) in [5.41, 5.74) is -1.88. The van der Waals surface area contributed by atoms with Crippen molar-refractivity contribution in [2.24, 2.45) is 0 Å². The molecule has 6 heteroatoms. The fourth-order valence-corrected chi connectivity index (χ4v) is 2.34. The second-order valence-electron chi connectivity index (χ2n) is 6.19. The van der Waals surface area contributed by atoms with Crippen molar-refractivity contribution in [3.05, 3.63) is 41.5 Å². The Hall–Kier alpha value is -1.85. The number of halogens is 5. The number of aromatic hydroxyl groups is 1. The van der Waals surface area contributed by atoms with Crippen LogP contribution in [0.1, 0.15) is 31.9 Å². The Morgan fingerprint density at radius 2 is 1.32 bits per heavy atom. The highest BCUT2D eigenvalue weighted by atomic mass is 19.4. The van der Waals surface area contributed by atoms with Crippen LogP contribution in [0.5, 0.6) is 5.75 Å². The van der Waals surface area contributed by atoms with Crippen LogP contribution in [0.4, 0.5) is 22.0 Å². The molecule has 0 aliphatic carbocycles. The molecule has 0 fully saturated rings. The SMILES string of the molecule is CC(C)(C)c1cc(C(F)(F)C(F)(F)F)c2ccccc2c1O. The van der Waals surface area contributed by atoms with E-state index in [4.69, 9.17) is 0 Å². The summed E-state index contributed by atoms with van der Waals surface area (Å²) in [5.74, 6) is -5.27. The van der Waals surface area contributed by atoms with E-state index in [0.717, 1.165) is 12.1 Å². The molecule has 1 nitrogen and oxygen atoms in total. The van der Waals surface area contributed by atoms with Crippen molar-refractivity contribution in [3.8, 4) is 5.75 Å². The Bertz CT molecular complexity index is 711. The monoisotopic (exact) mass is 318 g/mol. The van der Waals surface area contributed by atoms with Crippen molar-refractivity contribution in [2.75, 3.05) is 0 Å². The van der Waals surface area contributed by atoms with Gasteiger partial charge in [-0.15, -0.1) is 0 Å². The number of phenols is 1. The lowest BCUT2D eigenvalue weighted by Crippen LogP contribution is -2.34. The van der Waals surface area contributed by atoms with Gasteiger partial charge in [0.25, 0.3) is 0 Å². The molecule has 0 bridgehead atoms. The molecule has 0 aromatic heterocycles. The zero-order valence-corrected chi connectivity index (χ0v) is 12.2. The van der Waals surface area contributed by atoms with Crippen LogP contribution >= 0.6 is 0 Å². The van der Waals surface area contributed by atoms with E-state index in [9.17, 15) is 27.1 Å². The van der Waals surface area contributed by atoms with Gasteiger partial charge < -0.3 is 5.11 Å². The molecule has 22 heavy (non-hydrogen) atoms. The van der Waals surface area contributed by atoms with Gasteiger partial charge in [0.05, 0.1) is 0 Å². The number of rotatable bonds is 1. The van der Waals surface area contributed by atoms with Gasteiger partial charge in [-0.3, -0.25) is 0 Å². The van der Waals surface area contributed by atoms with E-state index >= 15 is 0 Å². The van der Waals surface area contributed by atoms with Crippen molar-refractivity contribution in [3.63, 3.8) is 0 Å². The number of alkyl halides is 5. The van der Waals surface area contributed by atoms with Gasteiger partial charge in [-0.05, 0) is 16.9 Å². The zero-order chi connectivity index (χ0) is 16.9. The quantitative estimate of drug-likeness (QED) is 0.689. The normalized spacial score (nSPS) is 13.6. The Kier molecular flexibility index (Phi) is 3.62. The first-order chi connectivity index (χ1) is 9.87. The molecular formula is C16H15F5O. The van der Waals surface area contributed by atoms with Gasteiger partial charge in [0, 0.05) is 16.5 Å². The highest BCUT2D eigenvalue weighted by molar-refractivity contribution is 5.93. The lowest BCUT2D eigenvalue weighted by atomic mass is 9.82. The maximum atomic E-state index is 13.9. The first kappa shape index (κ1) is 16.5. The van der Waals surface area contributed by atoms with Gasteiger partial charge in [-0.2, -0.15) is 22.0 Å². The topological polar surface area (TPSA) is 20.2 Å². The third-order valence-electron chi connectivity index (χ3n) is 3.52. The summed E-state index contributed by atoms with van der Waals surface area (Å²) in [5, 5.41) is 9.92. The van der Waals surface area contributed by atoms with Crippen molar-refractivity contribution in [1.82, 2.24) is 0 Å². The number of phenolic OH excluding ortho intramolecular Hbond substituents is 1. The fraction of sp³-hybridized carbons (Fsp3) is 0.375. The first-order valence-electron chi connectivity index (χ1n) is 6.57. The smallest absolute Gasteiger partial charge is 0.458 e. The maximum Gasteiger partial charge on any atom is 0.458 e. The molecule has 0 radical (unpaired) electrons. The van der Waals surface area contributed by atoms with Gasteiger partial charge in [0.15, 0.2) is 0 Å². The van der Waals surface area contributed by atoms with Crippen molar-refractivity contribution in [2.45, 2.75) is 38.3 Å². The van der Waals surface area contributed by atoms with Crippen LogP contribution in [0.25, 0.3) is 10.8 Å². The molecule has 2 aromatic carbocycles. The first-order valence-corrected chi connectivity index (χ1v) is 6.57. The minimum Gasteiger partial charge on any atom is -0.507 e. The van der Waals surface area contributed by atoms with Crippen molar-refractivity contribution < 1.29 is 27.1 Å². The van der Waals surface area contributed by atoms with Gasteiger partial charge >= 0.3 is 12.1 Å². The summed E-state index contributed by atoms with van der Waals surface area (Å²) in [7, 11) is 0. The molecule has 0 heterocycles. The van der Waals surface area contributed by atoms with Crippen molar-refractivity contribution in [1.29, 1.82) is 0 Å². The molecule has 1 N–H and O–H groups in total. The van der Waals surface area contributed by atoms with Crippen LogP contribution in [0, 0.1) is 0 Å². The van der Waals surface area contributed by atoms with E-state index in [1.165, 1.54) is 18.2 Å². The second-order valence-corrected chi connectivity index (χ2v) is 6.19. The highest BCUT2D eigenvalue weighted by Crippen LogP contribution is 2.49. The van der Waals surface area contributed by atoms with E-state index in [1.54, 1.807) is 20.8 Å². The Morgan fingerprint density at radius 3 is 1.77 bits per heavy atom. The minimum absolute atomic E-state index is 0.0196. The van der Waals surface area contributed by atoms with Gasteiger partial charge in [-0.25, -0.2) is 0 Å². The molecule has 0 saturated carbocycles. The van der Waals surface area contributed by atoms with Gasteiger partial charge in [-0.1, -0.05) is 45.0 Å². The van der Waals surface area contributed by atoms with E-state index in [0.29, 0.717) is 0 Å². The van der Waals surface area contributed by atoms with Crippen LogP contribution < -0.4 is 0 Å². The Labute approximate surface area is 124 Å².